The molecule has 2 aromatic carbocycles. The monoisotopic (exact) mass is 239 g/mol. The minimum absolute atomic E-state index is 1.09. The Balaban J connectivity index is 1.99. The lowest BCUT2D eigenvalue weighted by Gasteiger charge is -2.24. The predicted molar refractivity (Wildman–Crippen MR) is 79.1 cm³/mol. The molecule has 0 aliphatic rings. The first-order chi connectivity index (χ1) is 8.90. The lowest BCUT2D eigenvalue weighted by molar-refractivity contribution is 0.756. The molecule has 2 rings (SSSR count). The SMILES string of the molecule is CCCN(CCc1ccccc1)c1ccccc1. The van der Waals surface area contributed by atoms with E-state index in [1.54, 1.807) is 0 Å². The zero-order valence-corrected chi connectivity index (χ0v) is 11.0. The highest BCUT2D eigenvalue weighted by molar-refractivity contribution is 5.46. The van der Waals surface area contributed by atoms with Gasteiger partial charge in [-0.05, 0) is 30.5 Å². The van der Waals surface area contributed by atoms with Crippen molar-refractivity contribution in [3.63, 3.8) is 0 Å². The molecule has 0 amide bonds. The Kier molecular flexibility index (Phi) is 4.83. The van der Waals surface area contributed by atoms with Gasteiger partial charge in [0.15, 0.2) is 0 Å². The number of benzene rings is 2. The van der Waals surface area contributed by atoms with Gasteiger partial charge >= 0.3 is 0 Å². The molecular weight excluding hydrogens is 218 g/mol. The molecule has 0 bridgehead atoms. The number of para-hydroxylation sites is 1. The first kappa shape index (κ1) is 12.7. The van der Waals surface area contributed by atoms with Crippen LogP contribution in [0.5, 0.6) is 0 Å². The molecule has 1 nitrogen and oxygen atoms in total. The summed E-state index contributed by atoms with van der Waals surface area (Å²) < 4.78 is 0. The largest absolute Gasteiger partial charge is 0.371 e. The minimum atomic E-state index is 1.09. The van der Waals surface area contributed by atoms with Gasteiger partial charge in [-0.15, -0.1) is 0 Å². The summed E-state index contributed by atoms with van der Waals surface area (Å²) in [5.41, 5.74) is 2.74. The molecule has 0 aromatic heterocycles. The molecule has 0 unspecified atom stereocenters. The Labute approximate surface area is 110 Å². The lowest BCUT2D eigenvalue weighted by Crippen LogP contribution is -2.26. The van der Waals surface area contributed by atoms with Crippen molar-refractivity contribution in [3.8, 4) is 0 Å². The van der Waals surface area contributed by atoms with E-state index < -0.39 is 0 Å². The van der Waals surface area contributed by atoms with Crippen LogP contribution in [0.1, 0.15) is 18.9 Å². The third kappa shape index (κ3) is 3.63. The molecule has 0 atom stereocenters. The smallest absolute Gasteiger partial charge is 0.0366 e. The summed E-state index contributed by atoms with van der Waals surface area (Å²) in [6.45, 7) is 4.44. The van der Waals surface area contributed by atoms with E-state index in [0.717, 1.165) is 19.5 Å². The molecule has 0 radical (unpaired) electrons. The summed E-state index contributed by atoms with van der Waals surface area (Å²) in [6, 6.07) is 21.4. The van der Waals surface area contributed by atoms with E-state index in [1.807, 2.05) is 0 Å². The summed E-state index contributed by atoms with van der Waals surface area (Å²) >= 11 is 0. The first-order valence-electron chi connectivity index (χ1n) is 6.74. The molecule has 0 aliphatic heterocycles. The normalized spacial score (nSPS) is 10.3. The molecule has 0 spiro atoms. The van der Waals surface area contributed by atoms with E-state index in [9.17, 15) is 0 Å². The maximum atomic E-state index is 2.47. The molecule has 2 aromatic rings. The van der Waals surface area contributed by atoms with E-state index in [0.29, 0.717) is 0 Å². The topological polar surface area (TPSA) is 3.24 Å². The number of rotatable bonds is 6. The fraction of sp³-hybridized carbons (Fsp3) is 0.294. The maximum absolute atomic E-state index is 2.47. The van der Waals surface area contributed by atoms with Crippen molar-refractivity contribution < 1.29 is 0 Å². The van der Waals surface area contributed by atoms with E-state index in [2.05, 4.69) is 72.5 Å². The van der Waals surface area contributed by atoms with E-state index in [4.69, 9.17) is 0 Å². The Morgan fingerprint density at radius 1 is 0.778 bits per heavy atom. The molecule has 0 N–H and O–H groups in total. The molecule has 0 saturated heterocycles. The van der Waals surface area contributed by atoms with Crippen LogP contribution >= 0.6 is 0 Å². The van der Waals surface area contributed by atoms with Gasteiger partial charge in [-0.25, -0.2) is 0 Å². The van der Waals surface area contributed by atoms with Crippen molar-refractivity contribution in [2.75, 3.05) is 18.0 Å². The standard InChI is InChI=1S/C17H21N/c1-2-14-18(17-11-7-4-8-12-17)15-13-16-9-5-3-6-10-16/h3-12H,2,13-15H2,1H3. The summed E-state index contributed by atoms with van der Waals surface area (Å²) in [7, 11) is 0. The molecule has 1 heteroatoms. The number of nitrogens with zero attached hydrogens (tertiary/aromatic N) is 1. The fourth-order valence-electron chi connectivity index (χ4n) is 2.19. The van der Waals surface area contributed by atoms with Gasteiger partial charge in [0.1, 0.15) is 0 Å². The van der Waals surface area contributed by atoms with Gasteiger partial charge in [0, 0.05) is 18.8 Å². The molecule has 94 valence electrons. The highest BCUT2D eigenvalue weighted by Crippen LogP contribution is 2.14. The fourth-order valence-corrected chi connectivity index (χ4v) is 2.19. The van der Waals surface area contributed by atoms with Crippen LogP contribution in [0.15, 0.2) is 60.7 Å². The van der Waals surface area contributed by atoms with Crippen LogP contribution in [0.25, 0.3) is 0 Å². The van der Waals surface area contributed by atoms with Crippen molar-refractivity contribution in [2.45, 2.75) is 19.8 Å². The van der Waals surface area contributed by atoms with Crippen molar-refractivity contribution in [2.24, 2.45) is 0 Å². The quantitative estimate of drug-likeness (QED) is 0.732. The van der Waals surface area contributed by atoms with Gasteiger partial charge in [-0.3, -0.25) is 0 Å². The zero-order valence-electron chi connectivity index (χ0n) is 11.0. The number of hydrogen-bond donors (Lipinski definition) is 0. The summed E-state index contributed by atoms with van der Waals surface area (Å²) in [4.78, 5) is 2.47. The van der Waals surface area contributed by atoms with E-state index >= 15 is 0 Å². The third-order valence-electron chi connectivity index (χ3n) is 3.13. The molecule has 0 saturated carbocycles. The third-order valence-corrected chi connectivity index (χ3v) is 3.13. The van der Waals surface area contributed by atoms with Gasteiger partial charge < -0.3 is 4.90 Å². The Morgan fingerprint density at radius 3 is 2.00 bits per heavy atom. The second-order valence-electron chi connectivity index (χ2n) is 4.56. The summed E-state index contributed by atoms with van der Waals surface area (Å²) in [6.07, 6.45) is 2.29. The maximum Gasteiger partial charge on any atom is 0.0366 e. The molecular formula is C17H21N. The second-order valence-corrected chi connectivity index (χ2v) is 4.56. The first-order valence-corrected chi connectivity index (χ1v) is 6.74. The average Bonchev–Trinajstić information content (AvgIpc) is 2.45. The Morgan fingerprint density at radius 2 is 1.39 bits per heavy atom. The van der Waals surface area contributed by atoms with Crippen molar-refractivity contribution in [1.29, 1.82) is 0 Å². The zero-order chi connectivity index (χ0) is 12.6. The van der Waals surface area contributed by atoms with Crippen molar-refractivity contribution in [3.05, 3.63) is 66.2 Å². The van der Waals surface area contributed by atoms with Crippen LogP contribution < -0.4 is 4.90 Å². The highest BCUT2D eigenvalue weighted by Gasteiger charge is 2.04. The van der Waals surface area contributed by atoms with Crippen LogP contribution in [0.4, 0.5) is 5.69 Å². The van der Waals surface area contributed by atoms with Crippen molar-refractivity contribution in [1.82, 2.24) is 0 Å². The minimum Gasteiger partial charge on any atom is -0.371 e. The van der Waals surface area contributed by atoms with Gasteiger partial charge in [-0.1, -0.05) is 55.5 Å². The van der Waals surface area contributed by atoms with Crippen LogP contribution in [0.2, 0.25) is 0 Å². The number of hydrogen-bond acceptors (Lipinski definition) is 1. The predicted octanol–water partition coefficient (Wildman–Crippen LogP) is 4.15. The lowest BCUT2D eigenvalue weighted by atomic mass is 10.1. The van der Waals surface area contributed by atoms with Gasteiger partial charge in [0.25, 0.3) is 0 Å². The van der Waals surface area contributed by atoms with Crippen molar-refractivity contribution >= 4 is 5.69 Å². The van der Waals surface area contributed by atoms with Gasteiger partial charge in [-0.2, -0.15) is 0 Å². The second kappa shape index (κ2) is 6.85. The molecule has 0 heterocycles. The average molecular weight is 239 g/mol. The van der Waals surface area contributed by atoms with Crippen LogP contribution in [0.3, 0.4) is 0 Å². The molecule has 0 aliphatic carbocycles. The number of anilines is 1. The van der Waals surface area contributed by atoms with Crippen LogP contribution in [0, 0.1) is 0 Å². The Hall–Kier alpha value is -1.76. The summed E-state index contributed by atoms with van der Waals surface area (Å²) in [5.74, 6) is 0. The van der Waals surface area contributed by atoms with Gasteiger partial charge in [0.2, 0.25) is 0 Å². The summed E-state index contributed by atoms with van der Waals surface area (Å²) in [5, 5.41) is 0. The molecule has 0 fully saturated rings. The Bertz CT molecular complexity index is 436. The van der Waals surface area contributed by atoms with Gasteiger partial charge in [0.05, 0.1) is 0 Å². The van der Waals surface area contributed by atoms with E-state index in [-0.39, 0.29) is 0 Å². The highest BCUT2D eigenvalue weighted by atomic mass is 15.1. The van der Waals surface area contributed by atoms with Crippen LogP contribution in [-0.4, -0.2) is 13.1 Å². The van der Waals surface area contributed by atoms with Crippen LogP contribution in [-0.2, 0) is 6.42 Å². The van der Waals surface area contributed by atoms with E-state index in [1.165, 1.54) is 17.7 Å². The molecule has 18 heavy (non-hydrogen) atoms.